The highest BCUT2D eigenvalue weighted by Gasteiger charge is 2.08. The summed E-state index contributed by atoms with van der Waals surface area (Å²) in [4.78, 5) is 19.6. The maximum absolute atomic E-state index is 11.9. The summed E-state index contributed by atoms with van der Waals surface area (Å²) in [5.74, 6) is 0.368. The van der Waals surface area contributed by atoms with E-state index in [1.165, 1.54) is 13.2 Å². The molecule has 6 heteroatoms. The summed E-state index contributed by atoms with van der Waals surface area (Å²) in [6.07, 6.45) is 0. The number of nitrogen functional groups attached to an aromatic ring is 1. The van der Waals surface area contributed by atoms with Crippen LogP contribution in [0.15, 0.2) is 36.4 Å². The van der Waals surface area contributed by atoms with Crippen molar-refractivity contribution in [3.63, 3.8) is 0 Å². The summed E-state index contributed by atoms with van der Waals surface area (Å²) in [5, 5.41) is 2.62. The minimum atomic E-state index is -0.268. The van der Waals surface area contributed by atoms with Crippen molar-refractivity contribution in [1.29, 1.82) is 0 Å². The van der Waals surface area contributed by atoms with Crippen LogP contribution in [0, 0.1) is 0 Å². The standard InChI is InChI=1S/C12H12N4O2/c1-18-10-7-9(15-12(13)16-10)14-11(17)8-5-3-2-4-6-8/h2-7H,1H3,(H3,13,14,15,16,17). The molecule has 0 fully saturated rings. The number of ether oxygens (including phenoxy) is 1. The molecule has 1 heterocycles. The fourth-order valence-electron chi connectivity index (χ4n) is 1.39. The quantitative estimate of drug-likeness (QED) is 0.849. The monoisotopic (exact) mass is 244 g/mol. The minimum absolute atomic E-state index is 0.0395. The zero-order valence-electron chi connectivity index (χ0n) is 9.75. The number of benzene rings is 1. The molecule has 0 aliphatic carbocycles. The van der Waals surface area contributed by atoms with E-state index >= 15 is 0 Å². The van der Waals surface area contributed by atoms with Crippen molar-refractivity contribution >= 4 is 17.7 Å². The second-order valence-corrected chi connectivity index (χ2v) is 3.47. The number of carbonyl (C=O) groups excluding carboxylic acids is 1. The number of hydrogen-bond donors (Lipinski definition) is 2. The fraction of sp³-hybridized carbons (Fsp3) is 0.0833. The summed E-state index contributed by atoms with van der Waals surface area (Å²) in [6, 6.07) is 10.3. The second kappa shape index (κ2) is 5.13. The molecule has 1 aromatic carbocycles. The van der Waals surface area contributed by atoms with Crippen LogP contribution in [0.25, 0.3) is 0 Å². The molecule has 18 heavy (non-hydrogen) atoms. The van der Waals surface area contributed by atoms with E-state index in [2.05, 4.69) is 15.3 Å². The maximum atomic E-state index is 11.9. The van der Waals surface area contributed by atoms with Crippen LogP contribution in [0.3, 0.4) is 0 Å². The molecule has 0 bridgehead atoms. The molecule has 0 saturated carbocycles. The molecule has 2 rings (SSSR count). The van der Waals surface area contributed by atoms with E-state index in [-0.39, 0.29) is 11.9 Å². The Morgan fingerprint density at radius 3 is 2.67 bits per heavy atom. The molecule has 1 aromatic heterocycles. The van der Waals surface area contributed by atoms with Crippen LogP contribution in [-0.2, 0) is 0 Å². The highest BCUT2D eigenvalue weighted by Crippen LogP contribution is 2.14. The van der Waals surface area contributed by atoms with Gasteiger partial charge in [-0.2, -0.15) is 9.97 Å². The van der Waals surface area contributed by atoms with Crippen molar-refractivity contribution in [2.24, 2.45) is 0 Å². The van der Waals surface area contributed by atoms with Crippen LogP contribution in [0.2, 0.25) is 0 Å². The van der Waals surface area contributed by atoms with Gasteiger partial charge in [0, 0.05) is 11.6 Å². The molecule has 3 N–H and O–H groups in total. The van der Waals surface area contributed by atoms with Crippen molar-refractivity contribution in [3.05, 3.63) is 42.0 Å². The first-order valence-corrected chi connectivity index (χ1v) is 5.24. The number of nitrogens with zero attached hydrogens (tertiary/aromatic N) is 2. The van der Waals surface area contributed by atoms with Gasteiger partial charge in [0.2, 0.25) is 11.8 Å². The first-order chi connectivity index (χ1) is 8.69. The molecule has 0 aliphatic heterocycles. The number of nitrogens with two attached hydrogens (primary N) is 1. The van der Waals surface area contributed by atoms with Crippen LogP contribution in [0.4, 0.5) is 11.8 Å². The molecule has 1 amide bonds. The van der Waals surface area contributed by atoms with Gasteiger partial charge in [-0.25, -0.2) is 0 Å². The molecule has 0 saturated heterocycles. The van der Waals surface area contributed by atoms with Crippen LogP contribution >= 0.6 is 0 Å². The lowest BCUT2D eigenvalue weighted by Gasteiger charge is -2.06. The van der Waals surface area contributed by atoms with E-state index in [0.717, 1.165) is 0 Å². The van der Waals surface area contributed by atoms with E-state index in [4.69, 9.17) is 10.5 Å². The Morgan fingerprint density at radius 2 is 2.00 bits per heavy atom. The lowest BCUT2D eigenvalue weighted by atomic mass is 10.2. The Balaban J connectivity index is 2.19. The van der Waals surface area contributed by atoms with E-state index in [1.807, 2.05) is 6.07 Å². The van der Waals surface area contributed by atoms with Crippen LogP contribution < -0.4 is 15.8 Å². The number of aromatic nitrogens is 2. The Labute approximate surface area is 104 Å². The van der Waals surface area contributed by atoms with Crippen LogP contribution in [-0.4, -0.2) is 23.0 Å². The van der Waals surface area contributed by atoms with Crippen LogP contribution in [0.1, 0.15) is 10.4 Å². The van der Waals surface area contributed by atoms with Gasteiger partial charge in [0.1, 0.15) is 5.82 Å². The lowest BCUT2D eigenvalue weighted by Crippen LogP contribution is -2.13. The smallest absolute Gasteiger partial charge is 0.256 e. The van der Waals surface area contributed by atoms with Crippen molar-refractivity contribution in [3.8, 4) is 5.88 Å². The van der Waals surface area contributed by atoms with Gasteiger partial charge in [-0.15, -0.1) is 0 Å². The highest BCUT2D eigenvalue weighted by atomic mass is 16.5. The van der Waals surface area contributed by atoms with Crippen molar-refractivity contribution < 1.29 is 9.53 Å². The van der Waals surface area contributed by atoms with Gasteiger partial charge in [0.25, 0.3) is 5.91 Å². The minimum Gasteiger partial charge on any atom is -0.481 e. The van der Waals surface area contributed by atoms with E-state index < -0.39 is 0 Å². The number of hydrogen-bond acceptors (Lipinski definition) is 5. The van der Waals surface area contributed by atoms with Gasteiger partial charge < -0.3 is 15.8 Å². The van der Waals surface area contributed by atoms with Gasteiger partial charge >= 0.3 is 0 Å². The summed E-state index contributed by atoms with van der Waals surface area (Å²) in [7, 11) is 1.46. The first-order valence-electron chi connectivity index (χ1n) is 5.24. The lowest BCUT2D eigenvalue weighted by molar-refractivity contribution is 0.102. The predicted octanol–water partition coefficient (Wildman–Crippen LogP) is 1.32. The molecule has 0 atom stereocenters. The molecular formula is C12H12N4O2. The van der Waals surface area contributed by atoms with Gasteiger partial charge in [-0.1, -0.05) is 18.2 Å². The van der Waals surface area contributed by atoms with E-state index in [9.17, 15) is 4.79 Å². The Hall–Kier alpha value is -2.63. The number of carbonyl (C=O) groups is 1. The Bertz CT molecular complexity index is 557. The van der Waals surface area contributed by atoms with Gasteiger partial charge in [0.05, 0.1) is 7.11 Å². The third kappa shape index (κ3) is 2.73. The average molecular weight is 244 g/mol. The highest BCUT2D eigenvalue weighted by molar-refractivity contribution is 6.03. The fourth-order valence-corrected chi connectivity index (χ4v) is 1.39. The molecule has 6 nitrogen and oxygen atoms in total. The maximum Gasteiger partial charge on any atom is 0.256 e. The third-order valence-corrected chi connectivity index (χ3v) is 2.21. The van der Waals surface area contributed by atoms with Crippen molar-refractivity contribution in [2.75, 3.05) is 18.2 Å². The first kappa shape index (κ1) is 11.8. The largest absolute Gasteiger partial charge is 0.481 e. The topological polar surface area (TPSA) is 90.1 Å². The second-order valence-electron chi connectivity index (χ2n) is 3.47. The SMILES string of the molecule is COc1cc(NC(=O)c2ccccc2)nc(N)n1. The zero-order chi connectivity index (χ0) is 13.0. The average Bonchev–Trinajstić information content (AvgIpc) is 2.39. The molecule has 0 aliphatic rings. The molecule has 0 unspecified atom stereocenters. The van der Waals surface area contributed by atoms with Crippen LogP contribution in [0.5, 0.6) is 5.88 Å². The van der Waals surface area contributed by atoms with Gasteiger partial charge in [0.15, 0.2) is 0 Å². The Kier molecular flexibility index (Phi) is 3.38. The summed E-state index contributed by atoms with van der Waals surface area (Å²) >= 11 is 0. The molecule has 92 valence electrons. The molecule has 2 aromatic rings. The summed E-state index contributed by atoms with van der Waals surface area (Å²) in [6.45, 7) is 0. The van der Waals surface area contributed by atoms with Gasteiger partial charge in [-0.3, -0.25) is 4.79 Å². The normalized spacial score (nSPS) is 9.83. The molecule has 0 radical (unpaired) electrons. The number of methoxy groups -OCH3 is 1. The van der Waals surface area contributed by atoms with E-state index in [1.54, 1.807) is 24.3 Å². The van der Waals surface area contributed by atoms with E-state index in [0.29, 0.717) is 17.3 Å². The van der Waals surface area contributed by atoms with Crippen molar-refractivity contribution in [1.82, 2.24) is 9.97 Å². The van der Waals surface area contributed by atoms with Gasteiger partial charge in [-0.05, 0) is 12.1 Å². The summed E-state index contributed by atoms with van der Waals surface area (Å²) < 4.78 is 4.94. The number of nitrogens with one attached hydrogen (secondary N) is 1. The third-order valence-electron chi connectivity index (χ3n) is 2.21. The Morgan fingerprint density at radius 1 is 1.28 bits per heavy atom. The molecule has 0 spiro atoms. The van der Waals surface area contributed by atoms with Crippen molar-refractivity contribution in [2.45, 2.75) is 0 Å². The predicted molar refractivity (Wildman–Crippen MR) is 67.4 cm³/mol. The zero-order valence-corrected chi connectivity index (χ0v) is 9.75. The number of anilines is 2. The molecular weight excluding hydrogens is 232 g/mol. The number of amides is 1. The summed E-state index contributed by atoms with van der Waals surface area (Å²) in [5.41, 5.74) is 6.03. The number of rotatable bonds is 3.